The lowest BCUT2D eigenvalue weighted by Crippen LogP contribution is -2.28. The Kier molecular flexibility index (Phi) is 4.21. The number of hydrogen-bond acceptors (Lipinski definition) is 2. The standard InChI is InChI=1S/C17H21FN2/c1-17(2,3)14-8-4-12(5-9-14)16(20-19)13-6-10-15(18)11-7-13/h4-11,16,20H,19H2,1-3H3. The third-order valence-electron chi connectivity index (χ3n) is 3.48. The normalized spacial score (nSPS) is 13.2. The second kappa shape index (κ2) is 5.73. The first-order valence-electron chi connectivity index (χ1n) is 6.74. The Balaban J connectivity index is 2.30. The molecule has 1 atom stereocenters. The number of hydrazine groups is 1. The lowest BCUT2D eigenvalue weighted by Gasteiger charge is -2.21. The van der Waals surface area contributed by atoms with Crippen molar-refractivity contribution >= 4 is 0 Å². The zero-order valence-electron chi connectivity index (χ0n) is 12.2. The zero-order valence-corrected chi connectivity index (χ0v) is 12.2. The van der Waals surface area contributed by atoms with E-state index >= 15 is 0 Å². The van der Waals surface area contributed by atoms with Crippen molar-refractivity contribution in [2.45, 2.75) is 32.2 Å². The summed E-state index contributed by atoms with van der Waals surface area (Å²) >= 11 is 0. The fourth-order valence-corrected chi connectivity index (χ4v) is 2.22. The van der Waals surface area contributed by atoms with Crippen LogP contribution in [-0.4, -0.2) is 0 Å². The van der Waals surface area contributed by atoms with Gasteiger partial charge in [-0.3, -0.25) is 5.84 Å². The molecule has 2 nitrogen and oxygen atoms in total. The van der Waals surface area contributed by atoms with Crippen LogP contribution in [0, 0.1) is 5.82 Å². The summed E-state index contributed by atoms with van der Waals surface area (Å²) in [6.45, 7) is 6.54. The van der Waals surface area contributed by atoms with E-state index in [-0.39, 0.29) is 17.3 Å². The quantitative estimate of drug-likeness (QED) is 0.661. The van der Waals surface area contributed by atoms with Crippen molar-refractivity contribution in [1.29, 1.82) is 0 Å². The summed E-state index contributed by atoms with van der Waals surface area (Å²) in [6.07, 6.45) is 0. The Morgan fingerprint density at radius 1 is 0.900 bits per heavy atom. The minimum absolute atomic E-state index is 0.125. The first-order chi connectivity index (χ1) is 9.41. The average molecular weight is 272 g/mol. The SMILES string of the molecule is CC(C)(C)c1ccc(C(NN)c2ccc(F)cc2)cc1. The summed E-state index contributed by atoms with van der Waals surface area (Å²) in [5, 5.41) is 0. The minimum atomic E-state index is -0.243. The van der Waals surface area contributed by atoms with Crippen LogP contribution in [0.1, 0.15) is 43.5 Å². The molecule has 3 N–H and O–H groups in total. The number of hydrogen-bond donors (Lipinski definition) is 2. The highest BCUT2D eigenvalue weighted by Crippen LogP contribution is 2.26. The number of nitrogens with two attached hydrogens (primary N) is 1. The molecule has 0 saturated heterocycles. The van der Waals surface area contributed by atoms with Crippen molar-refractivity contribution in [2.75, 3.05) is 0 Å². The highest BCUT2D eigenvalue weighted by molar-refractivity contribution is 5.35. The van der Waals surface area contributed by atoms with Gasteiger partial charge in [-0.2, -0.15) is 0 Å². The van der Waals surface area contributed by atoms with Crippen molar-refractivity contribution in [3.8, 4) is 0 Å². The molecule has 1 unspecified atom stereocenters. The number of benzene rings is 2. The van der Waals surface area contributed by atoms with Gasteiger partial charge in [-0.25, -0.2) is 9.82 Å². The Labute approximate surface area is 119 Å². The number of rotatable bonds is 3. The second-order valence-electron chi connectivity index (χ2n) is 6.02. The molecule has 0 aliphatic carbocycles. The van der Waals surface area contributed by atoms with Crippen LogP contribution in [-0.2, 0) is 5.41 Å². The van der Waals surface area contributed by atoms with Crippen LogP contribution in [0.25, 0.3) is 0 Å². The Morgan fingerprint density at radius 2 is 1.35 bits per heavy atom. The molecule has 0 heterocycles. The molecule has 2 rings (SSSR count). The highest BCUT2D eigenvalue weighted by atomic mass is 19.1. The molecular weight excluding hydrogens is 251 g/mol. The molecule has 2 aromatic rings. The van der Waals surface area contributed by atoms with E-state index in [9.17, 15) is 4.39 Å². The first kappa shape index (κ1) is 14.7. The summed E-state index contributed by atoms with van der Waals surface area (Å²) in [5.41, 5.74) is 6.19. The van der Waals surface area contributed by atoms with E-state index in [0.717, 1.165) is 11.1 Å². The zero-order chi connectivity index (χ0) is 14.8. The number of halogens is 1. The van der Waals surface area contributed by atoms with Gasteiger partial charge >= 0.3 is 0 Å². The van der Waals surface area contributed by atoms with E-state index in [1.165, 1.54) is 17.7 Å². The van der Waals surface area contributed by atoms with Crippen molar-refractivity contribution in [1.82, 2.24) is 5.43 Å². The van der Waals surface area contributed by atoms with Crippen molar-refractivity contribution in [3.63, 3.8) is 0 Å². The Bertz CT molecular complexity index is 553. The van der Waals surface area contributed by atoms with Crippen LogP contribution >= 0.6 is 0 Å². The minimum Gasteiger partial charge on any atom is -0.271 e. The molecule has 0 bridgehead atoms. The third-order valence-corrected chi connectivity index (χ3v) is 3.48. The fraction of sp³-hybridized carbons (Fsp3) is 0.294. The van der Waals surface area contributed by atoms with Crippen LogP contribution in [0.15, 0.2) is 48.5 Å². The van der Waals surface area contributed by atoms with Gasteiger partial charge in [-0.1, -0.05) is 57.2 Å². The maximum Gasteiger partial charge on any atom is 0.123 e. The monoisotopic (exact) mass is 272 g/mol. The topological polar surface area (TPSA) is 38.0 Å². The Hall–Kier alpha value is -1.71. The lowest BCUT2D eigenvalue weighted by molar-refractivity contribution is 0.587. The predicted molar refractivity (Wildman–Crippen MR) is 80.7 cm³/mol. The van der Waals surface area contributed by atoms with Crippen LogP contribution in [0.2, 0.25) is 0 Å². The largest absolute Gasteiger partial charge is 0.271 e. The van der Waals surface area contributed by atoms with E-state index in [0.29, 0.717) is 0 Å². The molecule has 0 fully saturated rings. The van der Waals surface area contributed by atoms with Crippen LogP contribution in [0.3, 0.4) is 0 Å². The molecule has 0 aromatic heterocycles. The number of nitrogens with one attached hydrogen (secondary N) is 1. The van der Waals surface area contributed by atoms with Gasteiger partial charge in [0.15, 0.2) is 0 Å². The second-order valence-corrected chi connectivity index (χ2v) is 6.02. The molecule has 0 saturated carbocycles. The predicted octanol–water partition coefficient (Wildman–Crippen LogP) is 3.68. The van der Waals surface area contributed by atoms with E-state index in [2.05, 4.69) is 50.5 Å². The van der Waals surface area contributed by atoms with Crippen LogP contribution in [0.5, 0.6) is 0 Å². The molecule has 106 valence electrons. The molecule has 0 spiro atoms. The van der Waals surface area contributed by atoms with Crippen LogP contribution in [0.4, 0.5) is 4.39 Å². The van der Waals surface area contributed by atoms with E-state index in [1.807, 2.05) is 0 Å². The van der Waals surface area contributed by atoms with E-state index in [1.54, 1.807) is 12.1 Å². The summed E-state index contributed by atoms with van der Waals surface area (Å²) in [4.78, 5) is 0. The molecule has 0 aliphatic heterocycles. The molecular formula is C17H21FN2. The van der Waals surface area contributed by atoms with Crippen LogP contribution < -0.4 is 11.3 Å². The maximum absolute atomic E-state index is 13.0. The van der Waals surface area contributed by atoms with Gasteiger partial charge in [0.25, 0.3) is 0 Å². The van der Waals surface area contributed by atoms with Gasteiger partial charge in [0.2, 0.25) is 0 Å². The maximum atomic E-state index is 13.0. The van der Waals surface area contributed by atoms with Gasteiger partial charge in [0.1, 0.15) is 5.82 Å². The summed E-state index contributed by atoms with van der Waals surface area (Å²) in [5.74, 6) is 5.41. The van der Waals surface area contributed by atoms with E-state index in [4.69, 9.17) is 5.84 Å². The molecule has 3 heteroatoms. The summed E-state index contributed by atoms with van der Waals surface area (Å²) < 4.78 is 13.0. The van der Waals surface area contributed by atoms with Gasteiger partial charge < -0.3 is 0 Å². The van der Waals surface area contributed by atoms with Gasteiger partial charge in [0.05, 0.1) is 6.04 Å². The Morgan fingerprint density at radius 3 is 1.75 bits per heavy atom. The average Bonchev–Trinajstić information content (AvgIpc) is 2.41. The summed E-state index contributed by atoms with van der Waals surface area (Å²) in [7, 11) is 0. The molecule has 20 heavy (non-hydrogen) atoms. The van der Waals surface area contributed by atoms with E-state index < -0.39 is 0 Å². The fourth-order valence-electron chi connectivity index (χ4n) is 2.22. The summed E-state index contributed by atoms with van der Waals surface area (Å²) in [6, 6.07) is 14.6. The van der Waals surface area contributed by atoms with Crippen molar-refractivity contribution in [3.05, 3.63) is 71.0 Å². The molecule has 0 aliphatic rings. The van der Waals surface area contributed by atoms with Gasteiger partial charge in [0, 0.05) is 0 Å². The molecule has 2 aromatic carbocycles. The molecule has 0 amide bonds. The first-order valence-corrected chi connectivity index (χ1v) is 6.74. The highest BCUT2D eigenvalue weighted by Gasteiger charge is 2.16. The smallest absolute Gasteiger partial charge is 0.123 e. The van der Waals surface area contributed by atoms with Crippen molar-refractivity contribution < 1.29 is 4.39 Å². The lowest BCUT2D eigenvalue weighted by atomic mass is 9.86. The third kappa shape index (κ3) is 3.24. The van der Waals surface area contributed by atoms with Gasteiger partial charge in [-0.05, 0) is 34.2 Å². The van der Waals surface area contributed by atoms with Crippen molar-refractivity contribution in [2.24, 2.45) is 5.84 Å². The van der Waals surface area contributed by atoms with Gasteiger partial charge in [-0.15, -0.1) is 0 Å². The molecule has 0 radical (unpaired) electrons.